The molecule has 0 aliphatic carbocycles. The highest BCUT2D eigenvalue weighted by molar-refractivity contribution is 5.92. The number of rotatable bonds is 6. The Morgan fingerprint density at radius 2 is 2.12 bits per heavy atom. The van der Waals surface area contributed by atoms with Gasteiger partial charge in [0, 0.05) is 19.8 Å². The summed E-state index contributed by atoms with van der Waals surface area (Å²) in [4.78, 5) is 14.2. The van der Waals surface area contributed by atoms with E-state index in [2.05, 4.69) is 10.4 Å². The van der Waals surface area contributed by atoms with Gasteiger partial charge in [0.2, 0.25) is 0 Å². The van der Waals surface area contributed by atoms with Crippen LogP contribution in [0.4, 0.5) is 0 Å². The third-order valence-corrected chi connectivity index (χ3v) is 4.54. The molecule has 26 heavy (non-hydrogen) atoms. The van der Waals surface area contributed by atoms with Gasteiger partial charge in [-0.1, -0.05) is 17.7 Å². The third-order valence-electron chi connectivity index (χ3n) is 4.54. The summed E-state index contributed by atoms with van der Waals surface area (Å²) in [5.41, 5.74) is 1.69. The molecule has 0 spiro atoms. The molecule has 1 amide bonds. The van der Waals surface area contributed by atoms with Crippen LogP contribution in [0.1, 0.15) is 34.9 Å². The minimum absolute atomic E-state index is 0. The average molecular weight is 379 g/mol. The summed E-state index contributed by atoms with van der Waals surface area (Å²) in [6.45, 7) is 4.99. The molecule has 1 aromatic carbocycles. The largest absolute Gasteiger partial charge is 0.492 e. The molecule has 1 saturated heterocycles. The number of hydrogen-bond donors (Lipinski definition) is 1. The number of aryl methyl sites for hydroxylation is 1. The van der Waals surface area contributed by atoms with Crippen molar-refractivity contribution >= 4 is 18.3 Å². The molecule has 1 atom stereocenters. The van der Waals surface area contributed by atoms with Crippen molar-refractivity contribution in [2.24, 2.45) is 0 Å². The zero-order chi connectivity index (χ0) is 17.6. The van der Waals surface area contributed by atoms with Crippen LogP contribution in [0.3, 0.4) is 0 Å². The average Bonchev–Trinajstić information content (AvgIpc) is 3.13. The first kappa shape index (κ1) is 20.3. The van der Waals surface area contributed by atoms with Crippen molar-refractivity contribution in [3.05, 3.63) is 47.8 Å². The molecule has 2 aromatic rings. The first-order valence-electron chi connectivity index (χ1n) is 8.84. The van der Waals surface area contributed by atoms with Gasteiger partial charge in [0.1, 0.15) is 18.1 Å². The normalized spacial score (nSPS) is 16.6. The molecular formula is C19H27ClN4O2. The lowest BCUT2D eigenvalue weighted by atomic mass is 10.1. The van der Waals surface area contributed by atoms with Gasteiger partial charge >= 0.3 is 0 Å². The van der Waals surface area contributed by atoms with Crippen LogP contribution >= 0.6 is 12.4 Å². The standard InChI is InChI=1S/C19H26N4O2.ClH/c1-15-5-7-17(8-6-15)25-13-12-22(2)19(24)18-9-11-23(21-18)16-4-3-10-20-14-16;/h5-9,11,16,20H,3-4,10,12-14H2,1-2H3;1H. The molecule has 1 aromatic heterocycles. The topological polar surface area (TPSA) is 59.4 Å². The lowest BCUT2D eigenvalue weighted by Gasteiger charge is -2.23. The second kappa shape index (κ2) is 9.59. The van der Waals surface area contributed by atoms with E-state index in [0.717, 1.165) is 31.7 Å². The van der Waals surface area contributed by atoms with E-state index in [9.17, 15) is 4.79 Å². The molecule has 1 aliphatic rings. The minimum Gasteiger partial charge on any atom is -0.492 e. The highest BCUT2D eigenvalue weighted by Crippen LogP contribution is 2.16. The van der Waals surface area contributed by atoms with Crippen LogP contribution in [0.5, 0.6) is 5.75 Å². The van der Waals surface area contributed by atoms with E-state index >= 15 is 0 Å². The van der Waals surface area contributed by atoms with Crippen molar-refractivity contribution < 1.29 is 9.53 Å². The highest BCUT2D eigenvalue weighted by Gasteiger charge is 2.19. The number of ether oxygens (including phenoxy) is 1. The Morgan fingerprint density at radius 1 is 1.35 bits per heavy atom. The molecular weight excluding hydrogens is 352 g/mol. The number of carbonyl (C=O) groups is 1. The second-order valence-corrected chi connectivity index (χ2v) is 6.57. The van der Waals surface area contributed by atoms with E-state index in [0.29, 0.717) is 24.9 Å². The Hall–Kier alpha value is -2.05. The molecule has 6 nitrogen and oxygen atoms in total. The van der Waals surface area contributed by atoms with Crippen LogP contribution in [0.15, 0.2) is 36.5 Å². The molecule has 1 aliphatic heterocycles. The van der Waals surface area contributed by atoms with E-state index in [1.807, 2.05) is 42.1 Å². The summed E-state index contributed by atoms with van der Waals surface area (Å²) >= 11 is 0. The number of aromatic nitrogens is 2. The molecule has 7 heteroatoms. The van der Waals surface area contributed by atoms with Crippen LogP contribution in [-0.4, -0.2) is 53.9 Å². The van der Waals surface area contributed by atoms with Gasteiger partial charge in [-0.25, -0.2) is 0 Å². The summed E-state index contributed by atoms with van der Waals surface area (Å²) < 4.78 is 7.60. The Bertz CT molecular complexity index is 696. The fourth-order valence-electron chi connectivity index (χ4n) is 2.95. The van der Waals surface area contributed by atoms with Gasteiger partial charge in [-0.3, -0.25) is 9.48 Å². The summed E-state index contributed by atoms with van der Waals surface area (Å²) in [5.74, 6) is 0.746. The number of nitrogens with one attached hydrogen (secondary N) is 1. The molecule has 1 unspecified atom stereocenters. The first-order chi connectivity index (χ1) is 12.1. The van der Waals surface area contributed by atoms with Gasteiger partial charge in [0.15, 0.2) is 0 Å². The number of likely N-dealkylation sites (N-methyl/N-ethyl adjacent to an activating group) is 1. The maximum atomic E-state index is 12.5. The Balaban J connectivity index is 0.00000243. The number of carbonyl (C=O) groups excluding carboxylic acids is 1. The number of halogens is 1. The zero-order valence-electron chi connectivity index (χ0n) is 15.4. The van der Waals surface area contributed by atoms with Crippen LogP contribution in [-0.2, 0) is 0 Å². The van der Waals surface area contributed by atoms with E-state index in [1.165, 1.54) is 5.56 Å². The van der Waals surface area contributed by atoms with Crippen molar-refractivity contribution in [1.82, 2.24) is 20.0 Å². The summed E-state index contributed by atoms with van der Waals surface area (Å²) in [6, 6.07) is 10.0. The molecule has 2 heterocycles. The molecule has 1 N–H and O–H groups in total. The zero-order valence-corrected chi connectivity index (χ0v) is 16.2. The SMILES string of the molecule is Cc1ccc(OCCN(C)C(=O)c2ccn(C3CCCNC3)n2)cc1.Cl. The quantitative estimate of drug-likeness (QED) is 0.839. The first-order valence-corrected chi connectivity index (χ1v) is 8.84. The van der Waals surface area contributed by atoms with Crippen molar-refractivity contribution in [2.75, 3.05) is 33.3 Å². The minimum atomic E-state index is -0.0741. The van der Waals surface area contributed by atoms with Crippen LogP contribution in [0.25, 0.3) is 0 Å². The van der Waals surface area contributed by atoms with E-state index < -0.39 is 0 Å². The Kier molecular flexibility index (Phi) is 7.48. The van der Waals surface area contributed by atoms with Crippen LogP contribution in [0.2, 0.25) is 0 Å². The van der Waals surface area contributed by atoms with Crippen LogP contribution in [0, 0.1) is 6.92 Å². The molecule has 0 bridgehead atoms. The Morgan fingerprint density at radius 3 is 2.81 bits per heavy atom. The molecule has 0 radical (unpaired) electrons. The van der Waals surface area contributed by atoms with Gasteiger partial charge in [-0.2, -0.15) is 5.10 Å². The Labute approximate surface area is 160 Å². The smallest absolute Gasteiger partial charge is 0.274 e. The van der Waals surface area contributed by atoms with Crippen molar-refractivity contribution in [1.29, 1.82) is 0 Å². The van der Waals surface area contributed by atoms with Gasteiger partial charge in [-0.05, 0) is 44.5 Å². The fourth-order valence-corrected chi connectivity index (χ4v) is 2.95. The van der Waals surface area contributed by atoms with Crippen molar-refractivity contribution in [3.63, 3.8) is 0 Å². The number of piperidine rings is 1. The monoisotopic (exact) mass is 378 g/mol. The summed E-state index contributed by atoms with van der Waals surface area (Å²) in [5, 5.41) is 7.84. The fraction of sp³-hybridized carbons (Fsp3) is 0.474. The maximum absolute atomic E-state index is 12.5. The lowest BCUT2D eigenvalue weighted by molar-refractivity contribution is 0.0766. The van der Waals surface area contributed by atoms with Crippen molar-refractivity contribution in [2.45, 2.75) is 25.8 Å². The molecule has 142 valence electrons. The van der Waals surface area contributed by atoms with E-state index in [-0.39, 0.29) is 18.3 Å². The molecule has 3 rings (SSSR count). The van der Waals surface area contributed by atoms with E-state index in [4.69, 9.17) is 4.74 Å². The van der Waals surface area contributed by atoms with Gasteiger partial charge in [-0.15, -0.1) is 12.4 Å². The van der Waals surface area contributed by atoms with E-state index in [1.54, 1.807) is 18.0 Å². The predicted molar refractivity (Wildman–Crippen MR) is 104 cm³/mol. The second-order valence-electron chi connectivity index (χ2n) is 6.57. The molecule has 1 fully saturated rings. The predicted octanol–water partition coefficient (Wildman–Crippen LogP) is 2.69. The highest BCUT2D eigenvalue weighted by atomic mass is 35.5. The number of hydrogen-bond acceptors (Lipinski definition) is 4. The van der Waals surface area contributed by atoms with Gasteiger partial charge in [0.25, 0.3) is 5.91 Å². The summed E-state index contributed by atoms with van der Waals surface area (Å²) in [7, 11) is 1.78. The summed E-state index contributed by atoms with van der Waals surface area (Å²) in [6.07, 6.45) is 4.15. The molecule has 0 saturated carbocycles. The van der Waals surface area contributed by atoms with Gasteiger partial charge in [0.05, 0.1) is 12.6 Å². The third kappa shape index (κ3) is 5.22. The van der Waals surface area contributed by atoms with Crippen LogP contribution < -0.4 is 10.1 Å². The number of amides is 1. The number of nitrogens with zero attached hydrogens (tertiary/aromatic N) is 3. The number of benzene rings is 1. The van der Waals surface area contributed by atoms with Crippen molar-refractivity contribution in [3.8, 4) is 5.75 Å². The van der Waals surface area contributed by atoms with Gasteiger partial charge < -0.3 is 15.0 Å². The maximum Gasteiger partial charge on any atom is 0.274 e. The lowest BCUT2D eigenvalue weighted by Crippen LogP contribution is -2.33.